The number of carbonyl (C=O) groups is 1. The van der Waals surface area contributed by atoms with Gasteiger partial charge in [-0.15, -0.1) is 0 Å². The van der Waals surface area contributed by atoms with Crippen LogP contribution in [0.2, 0.25) is 0 Å². The quantitative estimate of drug-likeness (QED) is 0.336. The second kappa shape index (κ2) is 11.2. The van der Waals surface area contributed by atoms with Crippen molar-refractivity contribution in [3.63, 3.8) is 0 Å². The molecule has 0 aromatic carbocycles. The number of ether oxygens (including phenoxy) is 1. The van der Waals surface area contributed by atoms with Crippen LogP contribution in [-0.4, -0.2) is 70.3 Å². The molecule has 196 valence electrons. The van der Waals surface area contributed by atoms with Crippen LogP contribution in [0.1, 0.15) is 63.3 Å². The van der Waals surface area contributed by atoms with Crippen LogP contribution in [0.5, 0.6) is 0 Å². The molecule has 36 heavy (non-hydrogen) atoms. The molecule has 2 N–H and O–H groups in total. The van der Waals surface area contributed by atoms with Gasteiger partial charge < -0.3 is 9.64 Å². The lowest BCUT2D eigenvalue weighted by molar-refractivity contribution is -0.127. The molecule has 12 heteroatoms. The summed E-state index contributed by atoms with van der Waals surface area (Å²) in [6.45, 7) is 7.89. The normalized spacial score (nSPS) is 18.6. The van der Waals surface area contributed by atoms with Crippen molar-refractivity contribution in [2.75, 3.05) is 26.2 Å². The molecule has 2 aromatic rings. The topological polar surface area (TPSA) is 122 Å². The molecule has 1 aliphatic carbocycles. The third-order valence-corrected chi connectivity index (χ3v) is 8.47. The summed E-state index contributed by atoms with van der Waals surface area (Å²) < 4.78 is 37.1. The van der Waals surface area contributed by atoms with Crippen LogP contribution in [0.4, 0.5) is 0 Å². The van der Waals surface area contributed by atoms with Gasteiger partial charge in [-0.2, -0.15) is 0 Å². The molecule has 4 rings (SSSR count). The number of likely N-dealkylation sites (tertiary alicyclic amines) is 1. The minimum atomic E-state index is -3.65. The monoisotopic (exact) mass is 534 g/mol. The summed E-state index contributed by atoms with van der Waals surface area (Å²) in [5, 5.41) is 2.52. The van der Waals surface area contributed by atoms with E-state index in [1.54, 1.807) is 17.1 Å². The van der Waals surface area contributed by atoms with Crippen LogP contribution in [0.15, 0.2) is 17.9 Å². The van der Waals surface area contributed by atoms with E-state index in [1.165, 1.54) is 0 Å². The van der Waals surface area contributed by atoms with Crippen molar-refractivity contribution in [2.45, 2.75) is 64.5 Å². The van der Waals surface area contributed by atoms with Gasteiger partial charge in [-0.1, -0.05) is 25.2 Å². The van der Waals surface area contributed by atoms with Gasteiger partial charge in [-0.3, -0.25) is 9.89 Å². The van der Waals surface area contributed by atoms with E-state index in [0.29, 0.717) is 47.8 Å². The Labute approximate surface area is 216 Å². The summed E-state index contributed by atoms with van der Waals surface area (Å²) in [5.74, 6) is 2.04. The minimum Gasteiger partial charge on any atom is -0.493 e. The van der Waals surface area contributed by atoms with Crippen molar-refractivity contribution in [2.24, 2.45) is 0 Å². The first-order valence-electron chi connectivity index (χ1n) is 12.5. The number of H-pyrrole nitrogens is 1. The van der Waals surface area contributed by atoms with Crippen molar-refractivity contribution < 1.29 is 17.9 Å². The molecule has 0 saturated carbocycles. The zero-order valence-electron chi connectivity index (χ0n) is 21.0. The molecule has 1 unspecified atom stereocenters. The minimum absolute atomic E-state index is 0.142. The number of fused-ring (bicyclic) bond motifs is 1. The molecule has 0 bridgehead atoms. The van der Waals surface area contributed by atoms with E-state index in [9.17, 15) is 13.2 Å². The van der Waals surface area contributed by atoms with Gasteiger partial charge in [0.1, 0.15) is 17.1 Å². The molecular weight excluding hydrogens is 500 g/mol. The Morgan fingerprint density at radius 3 is 2.81 bits per heavy atom. The fraction of sp³-hybridized carbons (Fsp3) is 0.583. The lowest BCUT2D eigenvalue weighted by Gasteiger charge is -2.23. The zero-order chi connectivity index (χ0) is 25.9. The lowest BCUT2D eigenvalue weighted by atomic mass is 10.0. The van der Waals surface area contributed by atoms with E-state index in [4.69, 9.17) is 17.0 Å². The number of sulfonamides is 1. The van der Waals surface area contributed by atoms with Crippen molar-refractivity contribution >= 4 is 39.2 Å². The second-order valence-electron chi connectivity index (χ2n) is 9.08. The number of hydrogen-bond donors (Lipinski definition) is 2. The van der Waals surface area contributed by atoms with E-state index in [0.717, 1.165) is 42.8 Å². The zero-order valence-corrected chi connectivity index (χ0v) is 22.7. The number of hydrogen-bond acceptors (Lipinski definition) is 7. The fourth-order valence-corrected chi connectivity index (χ4v) is 6.33. The maximum atomic E-state index is 13.1. The van der Waals surface area contributed by atoms with Crippen LogP contribution in [-0.2, 0) is 26.0 Å². The van der Waals surface area contributed by atoms with Gasteiger partial charge in [0.25, 0.3) is 0 Å². The number of aromatic amines is 1. The number of nitrogens with zero attached hydrogens (tertiary/aromatic N) is 4. The number of amides is 1. The largest absolute Gasteiger partial charge is 0.493 e. The van der Waals surface area contributed by atoms with Crippen LogP contribution in [0.3, 0.4) is 0 Å². The van der Waals surface area contributed by atoms with Gasteiger partial charge in [0, 0.05) is 44.5 Å². The Bertz CT molecular complexity index is 1360. The highest BCUT2D eigenvalue weighted by molar-refractivity contribution is 7.90. The molecule has 3 heterocycles. The van der Waals surface area contributed by atoms with E-state index in [-0.39, 0.29) is 18.9 Å². The second-order valence-corrected chi connectivity index (χ2v) is 11.5. The van der Waals surface area contributed by atoms with Gasteiger partial charge in [0.15, 0.2) is 10.5 Å². The number of carbonyl (C=O) groups excluding carboxylic acids is 1. The lowest BCUT2D eigenvalue weighted by Crippen LogP contribution is -2.36. The molecule has 2 aliphatic rings. The van der Waals surface area contributed by atoms with Gasteiger partial charge in [-0.25, -0.2) is 27.6 Å². The highest BCUT2D eigenvalue weighted by Gasteiger charge is 2.30. The number of nitrogens with one attached hydrogen (secondary N) is 2. The van der Waals surface area contributed by atoms with E-state index in [1.807, 2.05) is 18.4 Å². The first-order chi connectivity index (χ1) is 17.2. The van der Waals surface area contributed by atoms with Crippen molar-refractivity contribution in [1.29, 1.82) is 0 Å². The van der Waals surface area contributed by atoms with E-state index in [2.05, 4.69) is 26.7 Å². The molecule has 1 saturated heterocycles. The standard InChI is InChI=1S/C24H34N6O4S2/c1-4-8-20-26-16(3)22-24(35)27-23(28-30(20)22)18-15-17(10-11-19(18)34-5-2)36(32,33)25-12-7-14-29-13-6-9-21(29)31/h10-11,17,25H,4-9,12-15H2,1-3H3,(H,27,28,35). The highest BCUT2D eigenvalue weighted by Crippen LogP contribution is 2.31. The first-order valence-corrected chi connectivity index (χ1v) is 14.5. The number of rotatable bonds is 11. The molecular formula is C24H34N6O4S2. The van der Waals surface area contributed by atoms with Gasteiger partial charge >= 0.3 is 0 Å². The Kier molecular flexibility index (Phi) is 8.26. The number of aryl methyl sites for hydroxylation is 2. The summed E-state index contributed by atoms with van der Waals surface area (Å²) in [6.07, 6.45) is 7.25. The van der Waals surface area contributed by atoms with E-state index < -0.39 is 15.3 Å². The van der Waals surface area contributed by atoms with Gasteiger partial charge in [0.05, 0.1) is 17.6 Å². The number of imidazole rings is 1. The maximum absolute atomic E-state index is 13.1. The molecule has 1 amide bonds. The Morgan fingerprint density at radius 2 is 2.11 bits per heavy atom. The predicted molar refractivity (Wildman–Crippen MR) is 140 cm³/mol. The maximum Gasteiger partial charge on any atom is 0.222 e. The summed E-state index contributed by atoms with van der Waals surface area (Å²) in [7, 11) is -3.65. The van der Waals surface area contributed by atoms with Crippen molar-refractivity contribution in [1.82, 2.24) is 29.2 Å². The van der Waals surface area contributed by atoms with Gasteiger partial charge in [-0.05, 0) is 39.2 Å². The third kappa shape index (κ3) is 5.55. The summed E-state index contributed by atoms with van der Waals surface area (Å²) in [5.41, 5.74) is 2.21. The average Bonchev–Trinajstić information content (AvgIpc) is 3.39. The Morgan fingerprint density at radius 1 is 1.31 bits per heavy atom. The van der Waals surface area contributed by atoms with Crippen LogP contribution < -0.4 is 4.72 Å². The Hall–Kier alpha value is -2.57. The van der Waals surface area contributed by atoms with Gasteiger partial charge in [0.2, 0.25) is 15.9 Å². The average molecular weight is 535 g/mol. The highest BCUT2D eigenvalue weighted by atomic mass is 32.2. The molecule has 0 spiro atoms. The summed E-state index contributed by atoms with van der Waals surface area (Å²) in [4.78, 5) is 22.8. The summed E-state index contributed by atoms with van der Waals surface area (Å²) >= 11 is 5.59. The molecule has 1 aliphatic heterocycles. The SMILES string of the molecule is CCCc1nc(C)c2c(=S)nc(C3=C(OCC)C=CC(S(=O)(=O)NCCCN4CCCC4=O)C3)[nH]n12. The number of aromatic nitrogens is 4. The van der Waals surface area contributed by atoms with Crippen LogP contribution >= 0.6 is 12.2 Å². The van der Waals surface area contributed by atoms with E-state index >= 15 is 0 Å². The molecule has 0 radical (unpaired) electrons. The summed E-state index contributed by atoms with van der Waals surface area (Å²) in [6, 6.07) is 0. The van der Waals surface area contributed by atoms with Crippen molar-refractivity contribution in [3.8, 4) is 0 Å². The predicted octanol–water partition coefficient (Wildman–Crippen LogP) is 3.06. The van der Waals surface area contributed by atoms with Crippen LogP contribution in [0.25, 0.3) is 11.1 Å². The smallest absolute Gasteiger partial charge is 0.222 e. The number of allylic oxidation sites excluding steroid dienone is 2. The molecule has 2 aromatic heterocycles. The first kappa shape index (κ1) is 26.5. The Balaban J connectivity index is 1.56. The fourth-order valence-electron chi connectivity index (χ4n) is 4.68. The molecule has 10 nitrogen and oxygen atoms in total. The third-order valence-electron chi connectivity index (χ3n) is 6.46. The molecule has 1 atom stereocenters. The van der Waals surface area contributed by atoms with Crippen LogP contribution in [0, 0.1) is 11.6 Å². The molecule has 1 fully saturated rings. The van der Waals surface area contributed by atoms with Crippen molar-refractivity contribution in [3.05, 3.63) is 39.9 Å².